The quantitative estimate of drug-likeness (QED) is 0.698. The molecule has 1 N–H and O–H groups in total. The molecule has 0 aliphatic rings. The van der Waals surface area contributed by atoms with Crippen LogP contribution in [0.15, 0.2) is 54.9 Å². The largest absolute Gasteiger partial charge is 0.496 e. The van der Waals surface area contributed by atoms with E-state index in [0.29, 0.717) is 12.8 Å². The summed E-state index contributed by atoms with van der Waals surface area (Å²) >= 11 is 0. The van der Waals surface area contributed by atoms with Crippen LogP contribution in [0.3, 0.4) is 0 Å². The molecule has 0 spiro atoms. The molecular formula is C21H24N4O2. The molecule has 6 heteroatoms. The number of carbonyl (C=O) groups is 1. The molecule has 1 amide bonds. The Balaban J connectivity index is 1.63. The third kappa shape index (κ3) is 4.34. The van der Waals surface area contributed by atoms with Gasteiger partial charge in [-0.1, -0.05) is 24.3 Å². The van der Waals surface area contributed by atoms with Crippen molar-refractivity contribution in [3.05, 3.63) is 71.7 Å². The molecule has 0 saturated heterocycles. The SMILES string of the molecule is COc1ccccc1CCC(=O)NC(C)c1cnn(-c2ccccn2)c1C. The highest BCUT2D eigenvalue weighted by molar-refractivity contribution is 5.76. The Labute approximate surface area is 159 Å². The van der Waals surface area contributed by atoms with Gasteiger partial charge in [-0.05, 0) is 44.0 Å². The lowest BCUT2D eigenvalue weighted by atomic mass is 10.1. The van der Waals surface area contributed by atoms with E-state index in [4.69, 9.17) is 4.74 Å². The van der Waals surface area contributed by atoms with Gasteiger partial charge in [0.25, 0.3) is 0 Å². The molecule has 0 fully saturated rings. The number of benzene rings is 1. The Morgan fingerprint density at radius 2 is 2.00 bits per heavy atom. The van der Waals surface area contributed by atoms with Crippen LogP contribution in [-0.4, -0.2) is 27.8 Å². The summed E-state index contributed by atoms with van der Waals surface area (Å²) in [5.74, 6) is 1.57. The van der Waals surface area contributed by atoms with Gasteiger partial charge in [0.1, 0.15) is 5.75 Å². The van der Waals surface area contributed by atoms with Crippen LogP contribution in [0, 0.1) is 6.92 Å². The first-order valence-electron chi connectivity index (χ1n) is 8.97. The van der Waals surface area contributed by atoms with Crippen LogP contribution in [0.4, 0.5) is 0 Å². The number of ether oxygens (including phenoxy) is 1. The zero-order valence-electron chi connectivity index (χ0n) is 15.8. The molecule has 2 heterocycles. The summed E-state index contributed by atoms with van der Waals surface area (Å²) in [7, 11) is 1.64. The minimum atomic E-state index is -0.132. The van der Waals surface area contributed by atoms with Crippen molar-refractivity contribution in [3.8, 4) is 11.6 Å². The lowest BCUT2D eigenvalue weighted by molar-refractivity contribution is -0.121. The van der Waals surface area contributed by atoms with Crippen molar-refractivity contribution in [1.82, 2.24) is 20.1 Å². The molecule has 1 aromatic carbocycles. The third-order valence-corrected chi connectivity index (χ3v) is 4.57. The highest BCUT2D eigenvalue weighted by Gasteiger charge is 2.17. The van der Waals surface area contributed by atoms with Gasteiger partial charge in [-0.2, -0.15) is 5.10 Å². The molecule has 3 aromatic rings. The van der Waals surface area contributed by atoms with Crippen LogP contribution >= 0.6 is 0 Å². The van der Waals surface area contributed by atoms with Gasteiger partial charge in [0, 0.05) is 23.9 Å². The van der Waals surface area contributed by atoms with Gasteiger partial charge in [-0.25, -0.2) is 9.67 Å². The molecule has 0 radical (unpaired) electrons. The first-order valence-corrected chi connectivity index (χ1v) is 8.97. The number of pyridine rings is 1. The van der Waals surface area contributed by atoms with Crippen molar-refractivity contribution < 1.29 is 9.53 Å². The average molecular weight is 364 g/mol. The lowest BCUT2D eigenvalue weighted by Gasteiger charge is -2.14. The van der Waals surface area contributed by atoms with E-state index in [-0.39, 0.29) is 11.9 Å². The topological polar surface area (TPSA) is 69.0 Å². The number of hydrogen-bond donors (Lipinski definition) is 1. The van der Waals surface area contributed by atoms with E-state index in [1.54, 1.807) is 24.2 Å². The number of rotatable bonds is 7. The van der Waals surface area contributed by atoms with E-state index in [9.17, 15) is 4.79 Å². The standard InChI is InChI=1S/C21H24N4O2/c1-15(18-14-23-25(16(18)2)20-10-6-7-13-22-20)24-21(26)12-11-17-8-4-5-9-19(17)27-3/h4-10,13-15H,11-12H2,1-3H3,(H,24,26). The van der Waals surface area contributed by atoms with E-state index in [1.807, 2.05) is 56.3 Å². The molecule has 27 heavy (non-hydrogen) atoms. The van der Waals surface area contributed by atoms with E-state index in [1.165, 1.54) is 0 Å². The second-order valence-corrected chi connectivity index (χ2v) is 6.39. The first kappa shape index (κ1) is 18.6. The molecule has 0 aliphatic heterocycles. The minimum absolute atomic E-state index is 0.00149. The fourth-order valence-electron chi connectivity index (χ4n) is 3.11. The normalized spacial score (nSPS) is 11.8. The maximum Gasteiger partial charge on any atom is 0.220 e. The van der Waals surface area contributed by atoms with Crippen molar-refractivity contribution >= 4 is 5.91 Å². The van der Waals surface area contributed by atoms with Gasteiger partial charge in [0.2, 0.25) is 5.91 Å². The third-order valence-electron chi connectivity index (χ3n) is 4.57. The zero-order chi connectivity index (χ0) is 19.2. The molecule has 2 aromatic heterocycles. The Hall–Kier alpha value is -3.15. The van der Waals surface area contributed by atoms with Gasteiger partial charge in [-0.15, -0.1) is 0 Å². The summed E-state index contributed by atoms with van der Waals surface area (Å²) in [6.07, 6.45) is 4.56. The van der Waals surface area contributed by atoms with Crippen molar-refractivity contribution in [3.63, 3.8) is 0 Å². The Bertz CT molecular complexity index is 906. The Kier molecular flexibility index (Phi) is 5.86. The van der Waals surface area contributed by atoms with Crippen molar-refractivity contribution in [2.24, 2.45) is 0 Å². The van der Waals surface area contributed by atoms with Crippen LogP contribution in [0.2, 0.25) is 0 Å². The first-order chi connectivity index (χ1) is 13.1. The van der Waals surface area contributed by atoms with Gasteiger partial charge in [0.15, 0.2) is 5.82 Å². The molecule has 1 unspecified atom stereocenters. The van der Waals surface area contributed by atoms with Crippen molar-refractivity contribution in [2.45, 2.75) is 32.7 Å². The second kappa shape index (κ2) is 8.49. The van der Waals surface area contributed by atoms with Crippen molar-refractivity contribution in [2.75, 3.05) is 7.11 Å². The summed E-state index contributed by atoms with van der Waals surface area (Å²) in [5.41, 5.74) is 2.97. The Morgan fingerprint density at radius 3 is 2.74 bits per heavy atom. The molecule has 140 valence electrons. The summed E-state index contributed by atoms with van der Waals surface area (Å²) in [6.45, 7) is 3.95. The highest BCUT2D eigenvalue weighted by atomic mass is 16.5. The van der Waals surface area contributed by atoms with Gasteiger partial charge in [-0.3, -0.25) is 4.79 Å². The molecule has 1 atom stereocenters. The molecule has 0 bridgehead atoms. The van der Waals surface area contributed by atoms with Gasteiger partial charge in [0.05, 0.1) is 19.3 Å². The maximum atomic E-state index is 12.4. The molecular weight excluding hydrogens is 340 g/mol. The van der Waals surface area contributed by atoms with E-state index in [0.717, 1.165) is 28.4 Å². The second-order valence-electron chi connectivity index (χ2n) is 6.39. The van der Waals surface area contributed by atoms with E-state index >= 15 is 0 Å². The number of methoxy groups -OCH3 is 1. The molecule has 6 nitrogen and oxygen atoms in total. The van der Waals surface area contributed by atoms with E-state index < -0.39 is 0 Å². The number of amides is 1. The summed E-state index contributed by atoms with van der Waals surface area (Å²) in [5, 5.41) is 7.47. The number of hydrogen-bond acceptors (Lipinski definition) is 4. The monoisotopic (exact) mass is 364 g/mol. The number of aromatic nitrogens is 3. The highest BCUT2D eigenvalue weighted by Crippen LogP contribution is 2.21. The number of nitrogens with zero attached hydrogens (tertiary/aromatic N) is 3. The van der Waals surface area contributed by atoms with Crippen LogP contribution in [-0.2, 0) is 11.2 Å². The van der Waals surface area contributed by atoms with E-state index in [2.05, 4.69) is 15.4 Å². The minimum Gasteiger partial charge on any atom is -0.496 e. The Morgan fingerprint density at radius 1 is 1.22 bits per heavy atom. The predicted octanol–water partition coefficient (Wildman–Crippen LogP) is 3.39. The molecule has 0 aliphatic carbocycles. The summed E-state index contributed by atoms with van der Waals surface area (Å²) < 4.78 is 7.12. The zero-order valence-corrected chi connectivity index (χ0v) is 15.8. The van der Waals surface area contributed by atoms with Gasteiger partial charge < -0.3 is 10.1 Å². The lowest BCUT2D eigenvalue weighted by Crippen LogP contribution is -2.27. The maximum absolute atomic E-state index is 12.4. The van der Waals surface area contributed by atoms with Crippen LogP contribution in [0.25, 0.3) is 5.82 Å². The van der Waals surface area contributed by atoms with Crippen LogP contribution < -0.4 is 10.1 Å². The summed E-state index contributed by atoms with van der Waals surface area (Å²) in [6, 6.07) is 13.3. The summed E-state index contributed by atoms with van der Waals surface area (Å²) in [4.78, 5) is 16.7. The average Bonchev–Trinajstić information content (AvgIpc) is 3.08. The van der Waals surface area contributed by atoms with Crippen LogP contribution in [0.5, 0.6) is 5.75 Å². The number of para-hydroxylation sites is 1. The van der Waals surface area contributed by atoms with Crippen molar-refractivity contribution in [1.29, 1.82) is 0 Å². The van der Waals surface area contributed by atoms with Crippen LogP contribution in [0.1, 0.15) is 36.2 Å². The molecule has 0 saturated carbocycles. The number of nitrogens with one attached hydrogen (secondary N) is 1. The fraction of sp³-hybridized carbons (Fsp3) is 0.286. The smallest absolute Gasteiger partial charge is 0.220 e. The fourth-order valence-corrected chi connectivity index (χ4v) is 3.11. The predicted molar refractivity (Wildman–Crippen MR) is 104 cm³/mol. The number of carbonyl (C=O) groups excluding carboxylic acids is 1. The van der Waals surface area contributed by atoms with Gasteiger partial charge >= 0.3 is 0 Å². The number of aryl methyl sites for hydroxylation is 1. The molecule has 3 rings (SSSR count).